The van der Waals surface area contributed by atoms with Crippen molar-refractivity contribution in [3.8, 4) is 0 Å². The molecule has 0 radical (unpaired) electrons. The second kappa shape index (κ2) is 8.13. The minimum absolute atomic E-state index is 0.142. The van der Waals surface area contributed by atoms with Crippen LogP contribution < -0.4 is 5.73 Å². The molecule has 0 saturated heterocycles. The Hall–Kier alpha value is -1.42. The van der Waals surface area contributed by atoms with Crippen molar-refractivity contribution in [2.45, 2.75) is 40.5 Å². The van der Waals surface area contributed by atoms with Gasteiger partial charge in [0.05, 0.1) is 11.4 Å². The summed E-state index contributed by atoms with van der Waals surface area (Å²) in [4.78, 5) is 14.8. The second-order valence-corrected chi connectivity index (χ2v) is 6.57. The summed E-state index contributed by atoms with van der Waals surface area (Å²) < 4.78 is 0. The molecule has 116 valence electrons. The van der Waals surface area contributed by atoms with E-state index in [0.717, 1.165) is 12.1 Å². The van der Waals surface area contributed by atoms with Gasteiger partial charge in [-0.05, 0) is 36.5 Å². The summed E-state index contributed by atoms with van der Waals surface area (Å²) in [5, 5.41) is 0. The number of nitrogens with two attached hydrogens (primary N) is 1. The molecule has 1 rings (SSSR count). The molecular weight excluding hydrogens is 280 g/mol. The molecule has 0 spiro atoms. The first kappa shape index (κ1) is 17.6. The van der Waals surface area contributed by atoms with E-state index in [1.54, 1.807) is 0 Å². The van der Waals surface area contributed by atoms with Crippen LogP contribution >= 0.6 is 12.2 Å². The SMILES string of the molecule is Cc1ccc(CC(=O)N(CCC(N)=S)CC(C)C)cc1C. The Morgan fingerprint density at radius 3 is 2.48 bits per heavy atom. The number of rotatable bonds is 7. The number of carbonyl (C=O) groups excluding carboxylic acids is 1. The fraction of sp³-hybridized carbons (Fsp3) is 0.529. The van der Waals surface area contributed by atoms with Gasteiger partial charge in [-0.15, -0.1) is 0 Å². The Balaban J connectivity index is 2.74. The summed E-state index contributed by atoms with van der Waals surface area (Å²) in [6.07, 6.45) is 1.02. The molecule has 0 unspecified atom stereocenters. The van der Waals surface area contributed by atoms with Gasteiger partial charge in [0.2, 0.25) is 5.91 Å². The normalized spacial score (nSPS) is 10.7. The summed E-state index contributed by atoms with van der Waals surface area (Å²) in [7, 11) is 0. The van der Waals surface area contributed by atoms with Gasteiger partial charge in [-0.1, -0.05) is 44.3 Å². The summed E-state index contributed by atoms with van der Waals surface area (Å²) in [6.45, 7) is 9.72. The van der Waals surface area contributed by atoms with Crippen molar-refractivity contribution < 1.29 is 4.79 Å². The molecule has 0 heterocycles. The molecule has 0 bridgehead atoms. The number of carbonyl (C=O) groups is 1. The third kappa shape index (κ3) is 6.25. The van der Waals surface area contributed by atoms with Gasteiger partial charge in [0.25, 0.3) is 0 Å². The fourth-order valence-electron chi connectivity index (χ4n) is 2.20. The van der Waals surface area contributed by atoms with Crippen molar-refractivity contribution in [3.05, 3.63) is 34.9 Å². The first-order valence-electron chi connectivity index (χ1n) is 7.41. The summed E-state index contributed by atoms with van der Waals surface area (Å²) in [5.41, 5.74) is 9.09. The van der Waals surface area contributed by atoms with E-state index in [4.69, 9.17) is 18.0 Å². The zero-order valence-electron chi connectivity index (χ0n) is 13.5. The first-order valence-corrected chi connectivity index (χ1v) is 7.82. The van der Waals surface area contributed by atoms with Crippen LogP contribution in [0, 0.1) is 19.8 Å². The van der Waals surface area contributed by atoms with Gasteiger partial charge >= 0.3 is 0 Å². The van der Waals surface area contributed by atoms with Crippen LogP contribution in [0.1, 0.15) is 37.0 Å². The topological polar surface area (TPSA) is 46.3 Å². The quantitative estimate of drug-likeness (QED) is 0.788. The molecule has 2 N–H and O–H groups in total. The van der Waals surface area contributed by atoms with Crippen molar-refractivity contribution >= 4 is 23.1 Å². The molecule has 0 fully saturated rings. The number of hydrogen-bond donors (Lipinski definition) is 1. The Morgan fingerprint density at radius 1 is 1.29 bits per heavy atom. The van der Waals surface area contributed by atoms with Gasteiger partial charge in [0.1, 0.15) is 0 Å². The third-order valence-corrected chi connectivity index (χ3v) is 3.70. The second-order valence-electron chi connectivity index (χ2n) is 6.05. The van der Waals surface area contributed by atoms with Crippen LogP contribution in [0.3, 0.4) is 0 Å². The predicted octanol–water partition coefficient (Wildman–Crippen LogP) is 3.01. The number of aryl methyl sites for hydroxylation is 2. The monoisotopic (exact) mass is 306 g/mol. The molecule has 0 atom stereocenters. The number of amides is 1. The number of benzene rings is 1. The maximum atomic E-state index is 12.5. The maximum Gasteiger partial charge on any atom is 0.227 e. The molecule has 1 aromatic carbocycles. The van der Waals surface area contributed by atoms with Crippen molar-refractivity contribution in [2.24, 2.45) is 11.7 Å². The average Bonchev–Trinajstić information content (AvgIpc) is 2.38. The van der Waals surface area contributed by atoms with Gasteiger partial charge in [-0.25, -0.2) is 0 Å². The molecule has 3 nitrogen and oxygen atoms in total. The minimum atomic E-state index is 0.142. The van der Waals surface area contributed by atoms with E-state index in [1.165, 1.54) is 11.1 Å². The summed E-state index contributed by atoms with van der Waals surface area (Å²) in [6, 6.07) is 6.19. The van der Waals surface area contributed by atoms with Gasteiger partial charge < -0.3 is 10.6 Å². The smallest absolute Gasteiger partial charge is 0.227 e. The largest absolute Gasteiger partial charge is 0.393 e. The molecule has 0 aliphatic heterocycles. The number of nitrogens with zero attached hydrogens (tertiary/aromatic N) is 1. The lowest BCUT2D eigenvalue weighted by molar-refractivity contribution is -0.130. The average molecular weight is 306 g/mol. The highest BCUT2D eigenvalue weighted by Crippen LogP contribution is 2.12. The highest BCUT2D eigenvalue weighted by Gasteiger charge is 2.15. The van der Waals surface area contributed by atoms with E-state index in [-0.39, 0.29) is 5.91 Å². The lowest BCUT2D eigenvalue weighted by Crippen LogP contribution is -2.37. The van der Waals surface area contributed by atoms with Crippen molar-refractivity contribution in [2.75, 3.05) is 13.1 Å². The molecule has 21 heavy (non-hydrogen) atoms. The van der Waals surface area contributed by atoms with Crippen LogP contribution in [0.2, 0.25) is 0 Å². The van der Waals surface area contributed by atoms with E-state index < -0.39 is 0 Å². The molecular formula is C17H26N2OS. The van der Waals surface area contributed by atoms with Crippen LogP contribution in [-0.2, 0) is 11.2 Å². The standard InChI is InChI=1S/C17H26N2OS/c1-12(2)11-19(8-7-16(18)21)17(20)10-15-6-5-13(3)14(4)9-15/h5-6,9,12H,7-8,10-11H2,1-4H3,(H2,18,21). The zero-order chi connectivity index (χ0) is 16.0. The molecule has 0 saturated carbocycles. The lowest BCUT2D eigenvalue weighted by atomic mass is 10.0. The van der Waals surface area contributed by atoms with E-state index >= 15 is 0 Å². The zero-order valence-corrected chi connectivity index (χ0v) is 14.3. The van der Waals surface area contributed by atoms with Crippen LogP contribution in [0.25, 0.3) is 0 Å². The number of thiocarbonyl (C=S) groups is 1. The van der Waals surface area contributed by atoms with Crippen LogP contribution in [0.5, 0.6) is 0 Å². The predicted molar refractivity (Wildman–Crippen MR) is 92.4 cm³/mol. The molecule has 0 aliphatic rings. The molecule has 1 aromatic rings. The van der Waals surface area contributed by atoms with Gasteiger partial charge in [0.15, 0.2) is 0 Å². The van der Waals surface area contributed by atoms with Gasteiger partial charge in [-0.2, -0.15) is 0 Å². The molecule has 0 aromatic heterocycles. The van der Waals surface area contributed by atoms with Crippen LogP contribution in [-0.4, -0.2) is 28.9 Å². The third-order valence-electron chi connectivity index (χ3n) is 3.49. The van der Waals surface area contributed by atoms with E-state index in [2.05, 4.69) is 39.8 Å². The van der Waals surface area contributed by atoms with E-state index in [1.807, 2.05) is 11.0 Å². The summed E-state index contributed by atoms with van der Waals surface area (Å²) in [5.74, 6) is 0.572. The first-order chi connectivity index (χ1) is 9.79. The Bertz CT molecular complexity index is 512. The van der Waals surface area contributed by atoms with Gasteiger partial charge in [-0.3, -0.25) is 4.79 Å². The molecule has 1 amide bonds. The van der Waals surface area contributed by atoms with Crippen molar-refractivity contribution in [1.82, 2.24) is 4.90 Å². The lowest BCUT2D eigenvalue weighted by Gasteiger charge is -2.24. The fourth-order valence-corrected chi connectivity index (χ4v) is 2.29. The molecule has 4 heteroatoms. The highest BCUT2D eigenvalue weighted by molar-refractivity contribution is 7.80. The van der Waals surface area contributed by atoms with Crippen LogP contribution in [0.15, 0.2) is 18.2 Å². The van der Waals surface area contributed by atoms with E-state index in [0.29, 0.717) is 30.3 Å². The highest BCUT2D eigenvalue weighted by atomic mass is 32.1. The Morgan fingerprint density at radius 2 is 1.95 bits per heavy atom. The summed E-state index contributed by atoms with van der Waals surface area (Å²) >= 11 is 4.92. The number of hydrogen-bond acceptors (Lipinski definition) is 2. The van der Waals surface area contributed by atoms with Crippen molar-refractivity contribution in [1.29, 1.82) is 0 Å². The van der Waals surface area contributed by atoms with Gasteiger partial charge in [0, 0.05) is 19.5 Å². The van der Waals surface area contributed by atoms with E-state index in [9.17, 15) is 4.79 Å². The van der Waals surface area contributed by atoms with Crippen LogP contribution in [0.4, 0.5) is 0 Å². The maximum absolute atomic E-state index is 12.5. The Labute approximate surface area is 133 Å². The van der Waals surface area contributed by atoms with Crippen molar-refractivity contribution in [3.63, 3.8) is 0 Å². The molecule has 0 aliphatic carbocycles. The Kier molecular flexibility index (Phi) is 6.82. The minimum Gasteiger partial charge on any atom is -0.393 e.